The van der Waals surface area contributed by atoms with Crippen LogP contribution in [0.3, 0.4) is 0 Å². The van der Waals surface area contributed by atoms with E-state index < -0.39 is 0 Å². The van der Waals surface area contributed by atoms with Gasteiger partial charge in [0.05, 0.1) is 10.7 Å². The van der Waals surface area contributed by atoms with Gasteiger partial charge in [0, 0.05) is 25.2 Å². The Morgan fingerprint density at radius 3 is 2.88 bits per heavy atom. The average Bonchev–Trinajstić information content (AvgIpc) is 2.29. The maximum Gasteiger partial charge on any atom is 0.0642 e. The quantitative estimate of drug-likeness (QED) is 0.870. The molecule has 0 bridgehead atoms. The zero-order valence-corrected chi connectivity index (χ0v) is 11.6. The molecule has 0 aliphatic carbocycles. The molecule has 2 unspecified atom stereocenters. The number of hydrogen-bond acceptors (Lipinski definition) is 2. The summed E-state index contributed by atoms with van der Waals surface area (Å²) < 4.78 is 0. The SMILES string of the molecule is CCC1CNC(C)CN1c1c(C)cccc1Cl. The van der Waals surface area contributed by atoms with Crippen LogP contribution in [0.1, 0.15) is 25.8 Å². The third-order valence-electron chi connectivity index (χ3n) is 3.56. The predicted molar refractivity (Wildman–Crippen MR) is 75.1 cm³/mol. The smallest absolute Gasteiger partial charge is 0.0642 e. The predicted octanol–water partition coefficient (Wildman–Crippen LogP) is 3.23. The Labute approximate surface area is 109 Å². The molecule has 1 aromatic rings. The molecule has 1 N–H and O–H groups in total. The Kier molecular flexibility index (Phi) is 3.95. The summed E-state index contributed by atoms with van der Waals surface area (Å²) in [6.45, 7) is 8.68. The fourth-order valence-electron chi connectivity index (χ4n) is 2.58. The topological polar surface area (TPSA) is 15.3 Å². The number of benzene rings is 1. The van der Waals surface area contributed by atoms with E-state index in [0.29, 0.717) is 12.1 Å². The third kappa shape index (κ3) is 2.58. The van der Waals surface area contributed by atoms with Gasteiger partial charge in [-0.2, -0.15) is 0 Å². The highest BCUT2D eigenvalue weighted by atomic mass is 35.5. The molecule has 1 aliphatic heterocycles. The summed E-state index contributed by atoms with van der Waals surface area (Å²) in [5, 5.41) is 4.41. The largest absolute Gasteiger partial charge is 0.364 e. The molecule has 0 amide bonds. The molecule has 1 fully saturated rings. The molecule has 0 radical (unpaired) electrons. The Morgan fingerprint density at radius 1 is 1.47 bits per heavy atom. The number of halogens is 1. The highest BCUT2D eigenvalue weighted by Gasteiger charge is 2.26. The van der Waals surface area contributed by atoms with Crippen LogP contribution in [-0.2, 0) is 0 Å². The Morgan fingerprint density at radius 2 is 2.24 bits per heavy atom. The van der Waals surface area contributed by atoms with Crippen molar-refractivity contribution in [1.82, 2.24) is 5.32 Å². The van der Waals surface area contributed by atoms with Crippen LogP contribution >= 0.6 is 11.6 Å². The summed E-state index contributed by atoms with van der Waals surface area (Å²) in [7, 11) is 0. The molecule has 1 saturated heterocycles. The lowest BCUT2D eigenvalue weighted by molar-refractivity contribution is 0.402. The summed E-state index contributed by atoms with van der Waals surface area (Å²) in [5.41, 5.74) is 2.49. The summed E-state index contributed by atoms with van der Waals surface area (Å²) >= 11 is 6.37. The van der Waals surface area contributed by atoms with E-state index in [2.05, 4.69) is 37.1 Å². The Hall–Kier alpha value is -0.730. The summed E-state index contributed by atoms with van der Waals surface area (Å²) in [5.74, 6) is 0. The van der Waals surface area contributed by atoms with Gasteiger partial charge in [0.1, 0.15) is 0 Å². The molecule has 1 aliphatic rings. The zero-order valence-electron chi connectivity index (χ0n) is 10.8. The van der Waals surface area contributed by atoms with E-state index in [0.717, 1.165) is 24.5 Å². The number of aryl methyl sites for hydroxylation is 1. The van der Waals surface area contributed by atoms with E-state index >= 15 is 0 Å². The van der Waals surface area contributed by atoms with E-state index in [1.807, 2.05) is 12.1 Å². The lowest BCUT2D eigenvalue weighted by Gasteiger charge is -2.41. The van der Waals surface area contributed by atoms with E-state index in [-0.39, 0.29) is 0 Å². The van der Waals surface area contributed by atoms with E-state index in [4.69, 9.17) is 11.6 Å². The standard InChI is InChI=1S/C14H21ClN2/c1-4-12-8-16-11(3)9-17(12)14-10(2)6-5-7-13(14)15/h5-7,11-12,16H,4,8-9H2,1-3H3. The van der Waals surface area contributed by atoms with E-state index in [1.165, 1.54) is 11.3 Å². The van der Waals surface area contributed by atoms with Crippen molar-refractivity contribution in [2.24, 2.45) is 0 Å². The Bertz CT molecular complexity index is 372. The van der Waals surface area contributed by atoms with Crippen LogP contribution in [0, 0.1) is 6.92 Å². The van der Waals surface area contributed by atoms with Gasteiger partial charge in [-0.3, -0.25) is 0 Å². The number of para-hydroxylation sites is 1. The van der Waals surface area contributed by atoms with Crippen molar-refractivity contribution in [2.75, 3.05) is 18.0 Å². The molecule has 2 nitrogen and oxygen atoms in total. The minimum Gasteiger partial charge on any atom is -0.364 e. The van der Waals surface area contributed by atoms with Crippen LogP contribution in [0.2, 0.25) is 5.02 Å². The molecule has 17 heavy (non-hydrogen) atoms. The van der Waals surface area contributed by atoms with Crippen LogP contribution < -0.4 is 10.2 Å². The second-order valence-electron chi connectivity index (χ2n) is 4.93. The number of nitrogens with zero attached hydrogens (tertiary/aromatic N) is 1. The van der Waals surface area contributed by atoms with Crippen molar-refractivity contribution in [1.29, 1.82) is 0 Å². The molecule has 1 aromatic carbocycles. The molecule has 0 saturated carbocycles. The number of nitrogens with one attached hydrogen (secondary N) is 1. The van der Waals surface area contributed by atoms with Crippen LogP contribution in [0.15, 0.2) is 18.2 Å². The lowest BCUT2D eigenvalue weighted by atomic mass is 10.0. The van der Waals surface area contributed by atoms with Gasteiger partial charge < -0.3 is 10.2 Å². The van der Waals surface area contributed by atoms with Crippen LogP contribution in [-0.4, -0.2) is 25.2 Å². The first-order valence-electron chi connectivity index (χ1n) is 6.38. The fourth-order valence-corrected chi connectivity index (χ4v) is 2.91. The summed E-state index contributed by atoms with van der Waals surface area (Å²) in [6, 6.07) is 7.22. The fraction of sp³-hybridized carbons (Fsp3) is 0.571. The molecule has 0 spiro atoms. The zero-order chi connectivity index (χ0) is 12.4. The third-order valence-corrected chi connectivity index (χ3v) is 3.87. The van der Waals surface area contributed by atoms with Crippen molar-refractivity contribution >= 4 is 17.3 Å². The van der Waals surface area contributed by atoms with Crippen molar-refractivity contribution in [3.63, 3.8) is 0 Å². The maximum atomic E-state index is 6.37. The minimum atomic E-state index is 0.522. The molecular weight excluding hydrogens is 232 g/mol. The summed E-state index contributed by atoms with van der Waals surface area (Å²) in [6.07, 6.45) is 1.14. The van der Waals surface area contributed by atoms with Gasteiger partial charge in [-0.15, -0.1) is 0 Å². The molecule has 2 rings (SSSR count). The van der Waals surface area contributed by atoms with Gasteiger partial charge in [0.25, 0.3) is 0 Å². The second kappa shape index (κ2) is 5.28. The monoisotopic (exact) mass is 252 g/mol. The van der Waals surface area contributed by atoms with Crippen LogP contribution in [0.25, 0.3) is 0 Å². The Balaban J connectivity index is 2.35. The van der Waals surface area contributed by atoms with Gasteiger partial charge in [0.15, 0.2) is 0 Å². The molecule has 1 heterocycles. The van der Waals surface area contributed by atoms with E-state index in [9.17, 15) is 0 Å². The first-order chi connectivity index (χ1) is 8.13. The number of anilines is 1. The molecule has 2 atom stereocenters. The molecule has 3 heteroatoms. The number of hydrogen-bond donors (Lipinski definition) is 1. The minimum absolute atomic E-state index is 0.522. The van der Waals surface area contributed by atoms with Gasteiger partial charge in [-0.25, -0.2) is 0 Å². The van der Waals surface area contributed by atoms with Crippen LogP contribution in [0.5, 0.6) is 0 Å². The molecular formula is C14H21ClN2. The van der Waals surface area contributed by atoms with E-state index in [1.54, 1.807) is 0 Å². The first-order valence-corrected chi connectivity index (χ1v) is 6.76. The number of piperazine rings is 1. The average molecular weight is 253 g/mol. The second-order valence-corrected chi connectivity index (χ2v) is 5.34. The maximum absolute atomic E-state index is 6.37. The highest BCUT2D eigenvalue weighted by Crippen LogP contribution is 2.32. The van der Waals surface area contributed by atoms with Gasteiger partial charge in [0.2, 0.25) is 0 Å². The van der Waals surface area contributed by atoms with Crippen molar-refractivity contribution in [3.05, 3.63) is 28.8 Å². The summed E-state index contributed by atoms with van der Waals surface area (Å²) in [4.78, 5) is 2.47. The van der Waals surface area contributed by atoms with Crippen molar-refractivity contribution in [2.45, 2.75) is 39.3 Å². The first kappa shape index (κ1) is 12.7. The van der Waals surface area contributed by atoms with Crippen molar-refractivity contribution in [3.8, 4) is 0 Å². The number of rotatable bonds is 2. The van der Waals surface area contributed by atoms with Gasteiger partial charge in [-0.1, -0.05) is 30.7 Å². The lowest BCUT2D eigenvalue weighted by Crippen LogP contribution is -2.55. The highest BCUT2D eigenvalue weighted by molar-refractivity contribution is 6.33. The van der Waals surface area contributed by atoms with Crippen LogP contribution in [0.4, 0.5) is 5.69 Å². The molecule has 94 valence electrons. The van der Waals surface area contributed by atoms with Gasteiger partial charge in [-0.05, 0) is 31.9 Å². The normalized spacial score (nSPS) is 25.1. The van der Waals surface area contributed by atoms with Gasteiger partial charge >= 0.3 is 0 Å². The van der Waals surface area contributed by atoms with Crippen molar-refractivity contribution < 1.29 is 0 Å². The molecule has 0 aromatic heterocycles.